The molecule has 5 heteroatoms. The van der Waals surface area contributed by atoms with E-state index in [0.717, 1.165) is 16.9 Å². The first-order chi connectivity index (χ1) is 14.6. The lowest BCUT2D eigenvalue weighted by atomic mass is 9.75. The topological polar surface area (TPSA) is 54.0 Å². The van der Waals surface area contributed by atoms with Crippen molar-refractivity contribution < 1.29 is 23.7 Å². The van der Waals surface area contributed by atoms with E-state index in [-0.39, 0.29) is 19.2 Å². The van der Waals surface area contributed by atoms with Crippen LogP contribution in [-0.4, -0.2) is 26.3 Å². The Kier molecular flexibility index (Phi) is 5.72. The molecule has 0 bridgehead atoms. The van der Waals surface area contributed by atoms with Crippen molar-refractivity contribution in [2.24, 2.45) is 0 Å². The van der Waals surface area contributed by atoms with Crippen LogP contribution in [0.4, 0.5) is 0 Å². The zero-order valence-electron chi connectivity index (χ0n) is 17.1. The monoisotopic (exact) mass is 404 g/mol. The Bertz CT molecular complexity index is 1010. The SMILES string of the molecule is COCOc1ccc2c(c1)OCC(C)(c1ccc(OCc3ccccc3)cc1)C2=O. The van der Waals surface area contributed by atoms with E-state index in [4.69, 9.17) is 18.9 Å². The molecule has 30 heavy (non-hydrogen) atoms. The Morgan fingerprint density at radius 2 is 1.67 bits per heavy atom. The molecule has 0 N–H and O–H groups in total. The van der Waals surface area contributed by atoms with Gasteiger partial charge in [-0.25, -0.2) is 0 Å². The fourth-order valence-electron chi connectivity index (χ4n) is 3.49. The summed E-state index contributed by atoms with van der Waals surface area (Å²) < 4.78 is 22.2. The zero-order chi connectivity index (χ0) is 21.0. The molecule has 1 aliphatic rings. The summed E-state index contributed by atoms with van der Waals surface area (Å²) in [5.74, 6) is 1.93. The average molecular weight is 404 g/mol. The first kappa shape index (κ1) is 20.0. The second-order valence-corrected chi connectivity index (χ2v) is 7.46. The van der Waals surface area contributed by atoms with Gasteiger partial charge < -0.3 is 18.9 Å². The molecule has 3 aromatic carbocycles. The van der Waals surface area contributed by atoms with E-state index in [1.165, 1.54) is 0 Å². The lowest BCUT2D eigenvalue weighted by molar-refractivity contribution is 0.0507. The van der Waals surface area contributed by atoms with Gasteiger partial charge in [-0.2, -0.15) is 0 Å². The van der Waals surface area contributed by atoms with Crippen LogP contribution >= 0.6 is 0 Å². The van der Waals surface area contributed by atoms with Crippen molar-refractivity contribution in [2.45, 2.75) is 18.9 Å². The minimum atomic E-state index is -0.764. The van der Waals surface area contributed by atoms with Gasteiger partial charge >= 0.3 is 0 Å². The van der Waals surface area contributed by atoms with E-state index in [1.807, 2.05) is 61.5 Å². The van der Waals surface area contributed by atoms with Gasteiger partial charge in [-0.1, -0.05) is 42.5 Å². The lowest BCUT2D eigenvalue weighted by Gasteiger charge is -2.34. The van der Waals surface area contributed by atoms with Gasteiger partial charge in [-0.15, -0.1) is 0 Å². The molecular formula is C25H24O5. The maximum atomic E-state index is 13.3. The maximum Gasteiger partial charge on any atom is 0.188 e. The molecule has 1 heterocycles. The van der Waals surface area contributed by atoms with Gasteiger partial charge in [-0.05, 0) is 42.3 Å². The van der Waals surface area contributed by atoms with Gasteiger partial charge in [-0.3, -0.25) is 4.79 Å². The fourth-order valence-corrected chi connectivity index (χ4v) is 3.49. The van der Waals surface area contributed by atoms with Crippen LogP contribution in [-0.2, 0) is 16.8 Å². The van der Waals surface area contributed by atoms with Gasteiger partial charge in [0.05, 0.1) is 11.0 Å². The summed E-state index contributed by atoms with van der Waals surface area (Å²) in [5, 5.41) is 0. The van der Waals surface area contributed by atoms with Gasteiger partial charge in [0, 0.05) is 13.2 Å². The highest BCUT2D eigenvalue weighted by Crippen LogP contribution is 2.39. The number of ketones is 1. The Hall–Kier alpha value is -3.31. The lowest BCUT2D eigenvalue weighted by Crippen LogP contribution is -2.42. The van der Waals surface area contributed by atoms with Crippen LogP contribution in [0.25, 0.3) is 0 Å². The number of carbonyl (C=O) groups is 1. The van der Waals surface area contributed by atoms with Crippen LogP contribution in [0.15, 0.2) is 72.8 Å². The summed E-state index contributed by atoms with van der Waals surface area (Å²) in [7, 11) is 1.56. The average Bonchev–Trinajstić information content (AvgIpc) is 2.80. The molecule has 1 aliphatic heterocycles. The number of benzene rings is 3. The summed E-state index contributed by atoms with van der Waals surface area (Å²) in [4.78, 5) is 13.3. The van der Waals surface area contributed by atoms with Gasteiger partial charge in [0.25, 0.3) is 0 Å². The normalized spacial score (nSPS) is 17.7. The minimum absolute atomic E-state index is 0.0278. The Labute approximate surface area is 176 Å². The van der Waals surface area contributed by atoms with Crippen LogP contribution in [0, 0.1) is 0 Å². The third-order valence-corrected chi connectivity index (χ3v) is 5.30. The standard InChI is InChI=1S/C25H24O5/c1-25(16-29-23-14-21(30-17-27-2)12-13-22(23)24(25)26)19-8-10-20(11-9-19)28-15-18-6-4-3-5-7-18/h3-14H,15-17H2,1-2H3. The van der Waals surface area contributed by atoms with Crippen molar-refractivity contribution in [3.05, 3.63) is 89.5 Å². The molecule has 0 aromatic heterocycles. The molecule has 154 valence electrons. The molecule has 0 saturated carbocycles. The third kappa shape index (κ3) is 4.02. The number of fused-ring (bicyclic) bond motifs is 1. The minimum Gasteiger partial charge on any atom is -0.491 e. The number of rotatable bonds is 7. The molecule has 1 atom stereocenters. The highest BCUT2D eigenvalue weighted by molar-refractivity contribution is 6.07. The van der Waals surface area contributed by atoms with Crippen LogP contribution in [0.2, 0.25) is 0 Å². The number of ether oxygens (including phenoxy) is 4. The Morgan fingerprint density at radius 3 is 2.40 bits per heavy atom. The number of carbonyl (C=O) groups excluding carboxylic acids is 1. The number of hydrogen-bond acceptors (Lipinski definition) is 5. The summed E-state index contributed by atoms with van der Waals surface area (Å²) in [5.41, 5.74) is 1.79. The van der Waals surface area contributed by atoms with Gasteiger partial charge in [0.15, 0.2) is 12.6 Å². The predicted molar refractivity (Wildman–Crippen MR) is 113 cm³/mol. The first-order valence-corrected chi connectivity index (χ1v) is 9.81. The Balaban J connectivity index is 1.49. The molecule has 5 nitrogen and oxygen atoms in total. The summed E-state index contributed by atoms with van der Waals surface area (Å²) in [6, 6.07) is 22.9. The van der Waals surface area contributed by atoms with Crippen LogP contribution in [0.5, 0.6) is 17.2 Å². The molecule has 0 saturated heterocycles. The summed E-state index contributed by atoms with van der Waals surface area (Å²) >= 11 is 0. The molecule has 0 amide bonds. The van der Waals surface area contributed by atoms with E-state index < -0.39 is 5.41 Å². The van der Waals surface area contributed by atoms with E-state index in [0.29, 0.717) is 23.7 Å². The van der Waals surface area contributed by atoms with Crippen LogP contribution < -0.4 is 14.2 Å². The van der Waals surface area contributed by atoms with E-state index in [1.54, 1.807) is 25.3 Å². The van der Waals surface area contributed by atoms with E-state index in [2.05, 4.69) is 0 Å². The van der Waals surface area contributed by atoms with Crippen molar-refractivity contribution in [1.82, 2.24) is 0 Å². The van der Waals surface area contributed by atoms with Crippen molar-refractivity contribution in [1.29, 1.82) is 0 Å². The van der Waals surface area contributed by atoms with Crippen molar-refractivity contribution in [3.8, 4) is 17.2 Å². The van der Waals surface area contributed by atoms with Crippen LogP contribution in [0.3, 0.4) is 0 Å². The van der Waals surface area contributed by atoms with Crippen LogP contribution in [0.1, 0.15) is 28.4 Å². The highest BCUT2D eigenvalue weighted by atomic mass is 16.7. The third-order valence-electron chi connectivity index (χ3n) is 5.30. The highest BCUT2D eigenvalue weighted by Gasteiger charge is 2.41. The molecule has 3 aromatic rings. The largest absolute Gasteiger partial charge is 0.491 e. The summed E-state index contributed by atoms with van der Waals surface area (Å²) in [6.45, 7) is 2.81. The molecule has 0 spiro atoms. The maximum absolute atomic E-state index is 13.3. The van der Waals surface area contributed by atoms with Gasteiger partial charge in [0.1, 0.15) is 30.5 Å². The zero-order valence-corrected chi connectivity index (χ0v) is 17.1. The first-order valence-electron chi connectivity index (χ1n) is 9.81. The van der Waals surface area contributed by atoms with Gasteiger partial charge in [0.2, 0.25) is 0 Å². The Morgan fingerprint density at radius 1 is 0.933 bits per heavy atom. The van der Waals surface area contributed by atoms with Crippen molar-refractivity contribution in [3.63, 3.8) is 0 Å². The second-order valence-electron chi connectivity index (χ2n) is 7.46. The fraction of sp³-hybridized carbons (Fsp3) is 0.240. The smallest absolute Gasteiger partial charge is 0.188 e. The quantitative estimate of drug-likeness (QED) is 0.531. The predicted octanol–water partition coefficient (Wildman–Crippen LogP) is 4.78. The van der Waals surface area contributed by atoms with E-state index >= 15 is 0 Å². The summed E-state index contributed by atoms with van der Waals surface area (Å²) in [6.07, 6.45) is 0. The molecular weight excluding hydrogens is 380 g/mol. The molecule has 0 radical (unpaired) electrons. The second kappa shape index (κ2) is 8.59. The number of Topliss-reactive ketones (excluding diaryl/α,β-unsaturated/α-hetero) is 1. The van der Waals surface area contributed by atoms with E-state index in [9.17, 15) is 4.79 Å². The van der Waals surface area contributed by atoms with Crippen molar-refractivity contribution >= 4 is 5.78 Å². The number of methoxy groups -OCH3 is 1. The van der Waals surface area contributed by atoms with Crippen molar-refractivity contribution in [2.75, 3.05) is 20.5 Å². The molecule has 1 unspecified atom stereocenters. The number of hydrogen-bond donors (Lipinski definition) is 0. The molecule has 0 aliphatic carbocycles. The molecule has 0 fully saturated rings. The molecule has 4 rings (SSSR count).